The first-order valence-corrected chi connectivity index (χ1v) is 7.41. The number of hydrogen-bond acceptors (Lipinski definition) is 4. The lowest BCUT2D eigenvalue weighted by Gasteiger charge is -2.05. The van der Waals surface area contributed by atoms with Crippen LogP contribution in [0.3, 0.4) is 0 Å². The van der Waals surface area contributed by atoms with Crippen LogP contribution in [0.25, 0.3) is 22.6 Å². The molecule has 3 rings (SSSR count). The Morgan fingerprint density at radius 2 is 2.05 bits per heavy atom. The van der Waals surface area contributed by atoms with Gasteiger partial charge in [-0.2, -0.15) is 0 Å². The van der Waals surface area contributed by atoms with Crippen LogP contribution in [-0.4, -0.2) is 12.2 Å². The lowest BCUT2D eigenvalue weighted by Crippen LogP contribution is -1.89. The van der Waals surface area contributed by atoms with Crippen LogP contribution in [0.2, 0.25) is 0 Å². The molecule has 0 amide bonds. The van der Waals surface area contributed by atoms with E-state index in [-0.39, 0.29) is 5.75 Å². The summed E-state index contributed by atoms with van der Waals surface area (Å²) in [5.74, 6) is 1.46. The highest BCUT2D eigenvalue weighted by atomic mass is 16.4. The molecule has 0 fully saturated rings. The Labute approximate surface area is 129 Å². The second-order valence-electron chi connectivity index (χ2n) is 5.16. The molecule has 0 aliphatic rings. The van der Waals surface area contributed by atoms with Gasteiger partial charge in [0.2, 0.25) is 11.6 Å². The third-order valence-electron chi connectivity index (χ3n) is 3.61. The largest absolute Gasteiger partial charge is 0.504 e. The second kappa shape index (κ2) is 6.02. The molecule has 22 heavy (non-hydrogen) atoms. The number of anilines is 1. The monoisotopic (exact) mass is 297 g/mol. The molecule has 0 spiro atoms. The molecule has 4 nitrogen and oxygen atoms in total. The maximum atomic E-state index is 10.6. The molecule has 0 radical (unpaired) electrons. The van der Waals surface area contributed by atoms with Crippen molar-refractivity contribution in [1.29, 1.82) is 0 Å². The van der Waals surface area contributed by atoms with E-state index in [0.717, 1.165) is 18.4 Å². The summed E-state index contributed by atoms with van der Waals surface area (Å²) in [6.45, 7) is 2.15. The van der Waals surface area contributed by atoms with Crippen molar-refractivity contribution in [1.82, 2.24) is 0 Å². The van der Waals surface area contributed by atoms with Gasteiger partial charge in [0.1, 0.15) is 0 Å². The lowest BCUT2D eigenvalue weighted by atomic mass is 10.0. The van der Waals surface area contributed by atoms with Gasteiger partial charge in [0, 0.05) is 7.05 Å². The normalized spacial score (nSPS) is 10.8. The van der Waals surface area contributed by atoms with Gasteiger partial charge < -0.3 is 19.3 Å². The van der Waals surface area contributed by atoms with Gasteiger partial charge in [-0.1, -0.05) is 37.6 Å². The minimum atomic E-state index is 0.0907. The number of rotatable bonds is 5. The molecule has 2 heterocycles. The molecule has 0 unspecified atom stereocenters. The van der Waals surface area contributed by atoms with Crippen molar-refractivity contribution in [3.63, 3.8) is 0 Å². The average molecular weight is 297 g/mol. The van der Waals surface area contributed by atoms with Crippen LogP contribution in [0.4, 0.5) is 5.88 Å². The topological polar surface area (TPSA) is 58.5 Å². The first-order chi connectivity index (χ1) is 10.7. The first-order valence-electron chi connectivity index (χ1n) is 7.41. The van der Waals surface area contributed by atoms with Gasteiger partial charge in [0.25, 0.3) is 0 Å². The maximum Gasteiger partial charge on any atom is 0.214 e. The fourth-order valence-corrected chi connectivity index (χ4v) is 2.61. The molecule has 0 saturated heterocycles. The van der Waals surface area contributed by atoms with Crippen LogP contribution in [0.15, 0.2) is 51.5 Å². The first kappa shape index (κ1) is 14.3. The van der Waals surface area contributed by atoms with Crippen LogP contribution in [0.5, 0.6) is 5.75 Å². The molecule has 4 heteroatoms. The summed E-state index contributed by atoms with van der Waals surface area (Å²) in [7, 11) is 1.77. The summed E-state index contributed by atoms with van der Waals surface area (Å²) >= 11 is 0. The van der Waals surface area contributed by atoms with E-state index in [2.05, 4.69) is 24.4 Å². The van der Waals surface area contributed by atoms with E-state index in [1.165, 1.54) is 5.56 Å². The number of furan rings is 2. The highest BCUT2D eigenvalue weighted by Crippen LogP contribution is 2.46. The minimum Gasteiger partial charge on any atom is -0.504 e. The van der Waals surface area contributed by atoms with E-state index in [9.17, 15) is 5.11 Å². The van der Waals surface area contributed by atoms with E-state index in [1.807, 2.05) is 12.1 Å². The van der Waals surface area contributed by atoms with Crippen molar-refractivity contribution in [3.05, 3.63) is 48.2 Å². The van der Waals surface area contributed by atoms with Crippen LogP contribution in [0.1, 0.15) is 18.9 Å². The summed E-state index contributed by atoms with van der Waals surface area (Å²) in [4.78, 5) is 0. The predicted molar refractivity (Wildman–Crippen MR) is 87.1 cm³/mol. The molecule has 0 aliphatic carbocycles. The van der Waals surface area contributed by atoms with Gasteiger partial charge in [0.05, 0.1) is 11.8 Å². The van der Waals surface area contributed by atoms with Crippen molar-refractivity contribution in [2.24, 2.45) is 0 Å². The fourth-order valence-electron chi connectivity index (χ4n) is 2.61. The Hall–Kier alpha value is -2.62. The number of nitrogens with one attached hydrogen (secondary N) is 1. The molecule has 0 aliphatic heterocycles. The van der Waals surface area contributed by atoms with Crippen LogP contribution >= 0.6 is 0 Å². The zero-order chi connectivity index (χ0) is 15.5. The van der Waals surface area contributed by atoms with Crippen LogP contribution in [-0.2, 0) is 6.42 Å². The Morgan fingerprint density at radius 1 is 1.18 bits per heavy atom. The molecule has 0 bridgehead atoms. The Bertz CT molecular complexity index is 757. The molecule has 114 valence electrons. The molecular weight excluding hydrogens is 278 g/mol. The van der Waals surface area contributed by atoms with Crippen molar-refractivity contribution in [3.8, 4) is 28.4 Å². The van der Waals surface area contributed by atoms with Gasteiger partial charge in [0.15, 0.2) is 11.5 Å². The van der Waals surface area contributed by atoms with Crippen molar-refractivity contribution in [2.45, 2.75) is 19.8 Å². The van der Waals surface area contributed by atoms with Crippen molar-refractivity contribution < 1.29 is 13.9 Å². The molecule has 0 saturated carbocycles. The zero-order valence-electron chi connectivity index (χ0n) is 12.7. The molecule has 2 N–H and O–H groups in total. The molecule has 2 aromatic heterocycles. The smallest absolute Gasteiger partial charge is 0.214 e. The average Bonchev–Trinajstić information content (AvgIpc) is 3.15. The Kier molecular flexibility index (Phi) is 3.92. The summed E-state index contributed by atoms with van der Waals surface area (Å²) in [5.41, 5.74) is 2.82. The van der Waals surface area contributed by atoms with Crippen molar-refractivity contribution in [2.75, 3.05) is 12.4 Å². The van der Waals surface area contributed by atoms with Gasteiger partial charge in [-0.15, -0.1) is 0 Å². The van der Waals surface area contributed by atoms with E-state index < -0.39 is 0 Å². The van der Waals surface area contributed by atoms with Gasteiger partial charge in [-0.05, 0) is 29.7 Å². The fraction of sp³-hybridized carbons (Fsp3) is 0.222. The predicted octanol–water partition coefficient (Wildman–Crippen LogP) is 4.91. The maximum absolute atomic E-state index is 10.6. The quantitative estimate of drug-likeness (QED) is 0.702. The number of aryl methyl sites for hydroxylation is 1. The van der Waals surface area contributed by atoms with E-state index in [0.29, 0.717) is 23.0 Å². The third-order valence-corrected chi connectivity index (χ3v) is 3.61. The van der Waals surface area contributed by atoms with Gasteiger partial charge in [-0.3, -0.25) is 0 Å². The molecule has 1 aromatic carbocycles. The van der Waals surface area contributed by atoms with E-state index in [4.69, 9.17) is 8.83 Å². The lowest BCUT2D eigenvalue weighted by molar-refractivity contribution is 0.456. The van der Waals surface area contributed by atoms with E-state index in [1.54, 1.807) is 25.4 Å². The van der Waals surface area contributed by atoms with Crippen LogP contribution < -0.4 is 5.32 Å². The SMILES string of the molecule is CCCc1cccc(-c2c(NC)oc(-c3ccco3)c2O)c1. The van der Waals surface area contributed by atoms with Crippen molar-refractivity contribution >= 4 is 5.88 Å². The summed E-state index contributed by atoms with van der Waals surface area (Å²) in [5, 5.41) is 13.6. The molecular formula is C18H19NO3. The third kappa shape index (κ3) is 2.48. The summed E-state index contributed by atoms with van der Waals surface area (Å²) < 4.78 is 11.1. The molecule has 3 aromatic rings. The Balaban J connectivity index is 2.12. The minimum absolute atomic E-state index is 0.0907. The highest BCUT2D eigenvalue weighted by Gasteiger charge is 2.23. The molecule has 0 atom stereocenters. The van der Waals surface area contributed by atoms with Gasteiger partial charge in [-0.25, -0.2) is 0 Å². The Morgan fingerprint density at radius 3 is 2.73 bits per heavy atom. The highest BCUT2D eigenvalue weighted by molar-refractivity contribution is 5.86. The zero-order valence-corrected chi connectivity index (χ0v) is 12.7. The number of benzene rings is 1. The number of aromatic hydroxyl groups is 1. The summed E-state index contributed by atoms with van der Waals surface area (Å²) in [6.07, 6.45) is 3.64. The number of hydrogen-bond donors (Lipinski definition) is 2. The summed E-state index contributed by atoms with van der Waals surface area (Å²) in [6, 6.07) is 11.7. The van der Waals surface area contributed by atoms with E-state index >= 15 is 0 Å². The standard InChI is InChI=1S/C18H19NO3/c1-3-6-12-7-4-8-13(11-12)15-16(20)17(22-18(15)19-2)14-9-5-10-21-14/h4-5,7-11,19-20H,3,6H2,1-2H3. The van der Waals surface area contributed by atoms with Gasteiger partial charge >= 0.3 is 0 Å². The second-order valence-corrected chi connectivity index (χ2v) is 5.16. The van der Waals surface area contributed by atoms with Crippen LogP contribution in [0, 0.1) is 0 Å².